The maximum Gasteiger partial charge on any atom is 0.332 e. The van der Waals surface area contributed by atoms with Gasteiger partial charge in [-0.3, -0.25) is 18.7 Å². The lowest BCUT2D eigenvalue weighted by molar-refractivity contribution is -0.120. The van der Waals surface area contributed by atoms with Crippen LogP contribution in [0.25, 0.3) is 11.0 Å². The molecule has 0 saturated heterocycles. The summed E-state index contributed by atoms with van der Waals surface area (Å²) in [6, 6.07) is 0. The molecule has 0 aliphatic heterocycles. The van der Waals surface area contributed by atoms with Crippen LogP contribution in [0.1, 0.15) is 19.4 Å². The molecule has 2 heterocycles. The van der Waals surface area contributed by atoms with Crippen LogP contribution >= 0.6 is 0 Å². The number of anilines is 1. The fraction of sp³-hybridized carbons (Fsp3) is 0.467. The summed E-state index contributed by atoms with van der Waals surface area (Å²) in [5.41, 5.74) is 0.391. The number of aromatic nitrogens is 3. The molecule has 23 heavy (non-hydrogen) atoms. The van der Waals surface area contributed by atoms with E-state index in [1.165, 1.54) is 18.7 Å². The first kappa shape index (κ1) is 16.9. The molecule has 8 heteroatoms. The van der Waals surface area contributed by atoms with Gasteiger partial charge < -0.3 is 10.1 Å². The molecule has 0 aliphatic rings. The summed E-state index contributed by atoms with van der Waals surface area (Å²) in [7, 11) is 2.93. The number of ether oxygens (including phenoxy) is 1. The van der Waals surface area contributed by atoms with Crippen LogP contribution in [-0.2, 0) is 30.0 Å². The van der Waals surface area contributed by atoms with E-state index in [4.69, 9.17) is 4.74 Å². The molecule has 8 nitrogen and oxygen atoms in total. The fourth-order valence-corrected chi connectivity index (χ4v) is 2.35. The van der Waals surface area contributed by atoms with Crippen LogP contribution in [0.3, 0.4) is 0 Å². The van der Waals surface area contributed by atoms with E-state index >= 15 is 0 Å². The highest BCUT2D eigenvalue weighted by molar-refractivity contribution is 6.01. The number of nitrogens with zero attached hydrogens (tertiary/aromatic N) is 3. The Morgan fingerprint density at radius 3 is 2.57 bits per heavy atom. The lowest BCUT2D eigenvalue weighted by atomic mass is 10.1. The van der Waals surface area contributed by atoms with E-state index in [0.717, 1.165) is 10.1 Å². The normalized spacial score (nSPS) is 11.0. The number of fused-ring (bicyclic) bond motifs is 1. The predicted molar refractivity (Wildman–Crippen MR) is 86.7 cm³/mol. The maximum atomic E-state index is 12.5. The second kappa shape index (κ2) is 6.74. The highest BCUT2D eigenvalue weighted by Gasteiger charge is 2.18. The van der Waals surface area contributed by atoms with Gasteiger partial charge in [-0.1, -0.05) is 6.92 Å². The molecule has 0 aliphatic carbocycles. The highest BCUT2D eigenvalue weighted by Crippen LogP contribution is 2.22. The molecule has 2 aromatic heterocycles. The third kappa shape index (κ3) is 3.02. The van der Waals surface area contributed by atoms with Crippen molar-refractivity contribution in [1.82, 2.24) is 14.1 Å². The average Bonchev–Trinajstić information content (AvgIpc) is 2.55. The van der Waals surface area contributed by atoms with Crippen molar-refractivity contribution in [1.29, 1.82) is 0 Å². The van der Waals surface area contributed by atoms with Crippen LogP contribution in [0.15, 0.2) is 15.8 Å². The smallest absolute Gasteiger partial charge is 0.332 e. The van der Waals surface area contributed by atoms with E-state index in [1.54, 1.807) is 13.1 Å². The number of pyridine rings is 1. The molecule has 2 aromatic rings. The van der Waals surface area contributed by atoms with Crippen LogP contribution in [0, 0.1) is 0 Å². The second-order valence-electron chi connectivity index (χ2n) is 5.10. The third-order valence-electron chi connectivity index (χ3n) is 3.63. The average molecular weight is 320 g/mol. The number of aryl methyl sites for hydroxylation is 2. The molecule has 0 atom stereocenters. The molecule has 1 amide bonds. The summed E-state index contributed by atoms with van der Waals surface area (Å²) < 4.78 is 7.37. The van der Waals surface area contributed by atoms with Crippen molar-refractivity contribution in [3.8, 4) is 0 Å². The largest absolute Gasteiger partial charge is 0.372 e. The summed E-state index contributed by atoms with van der Waals surface area (Å²) in [6.07, 6.45) is 2.15. The summed E-state index contributed by atoms with van der Waals surface area (Å²) in [5, 5.41) is 2.94. The van der Waals surface area contributed by atoms with Gasteiger partial charge in [0.1, 0.15) is 12.0 Å². The molecular formula is C15H20N4O4. The van der Waals surface area contributed by atoms with Crippen molar-refractivity contribution in [2.24, 2.45) is 14.1 Å². The van der Waals surface area contributed by atoms with E-state index < -0.39 is 11.2 Å². The first-order valence-corrected chi connectivity index (χ1v) is 7.37. The van der Waals surface area contributed by atoms with Crippen LogP contribution < -0.4 is 16.6 Å². The molecule has 1 N–H and O–H groups in total. The molecule has 0 unspecified atom stereocenters. The van der Waals surface area contributed by atoms with Gasteiger partial charge in [0.15, 0.2) is 5.65 Å². The van der Waals surface area contributed by atoms with E-state index in [9.17, 15) is 14.4 Å². The van der Waals surface area contributed by atoms with Crippen molar-refractivity contribution in [2.75, 3.05) is 18.5 Å². The minimum Gasteiger partial charge on any atom is -0.372 e. The zero-order valence-corrected chi connectivity index (χ0v) is 13.7. The maximum absolute atomic E-state index is 12.5. The SMILES string of the molecule is CCOCC(=O)Nc1c(CC)cnc2c1c(=O)n(C)c(=O)n2C. The van der Waals surface area contributed by atoms with Gasteiger partial charge in [-0.15, -0.1) is 0 Å². The summed E-state index contributed by atoms with van der Waals surface area (Å²) in [6.45, 7) is 4.00. The molecule has 0 radical (unpaired) electrons. The number of amides is 1. The van der Waals surface area contributed by atoms with Crippen LogP contribution in [0.4, 0.5) is 5.69 Å². The molecule has 0 aromatic carbocycles. The third-order valence-corrected chi connectivity index (χ3v) is 3.63. The number of hydrogen-bond donors (Lipinski definition) is 1. The van der Waals surface area contributed by atoms with Gasteiger partial charge in [0.25, 0.3) is 5.56 Å². The van der Waals surface area contributed by atoms with Gasteiger partial charge in [0.05, 0.1) is 5.69 Å². The molecular weight excluding hydrogens is 300 g/mol. The zero-order valence-electron chi connectivity index (χ0n) is 13.7. The van der Waals surface area contributed by atoms with Crippen LogP contribution in [0.2, 0.25) is 0 Å². The Kier molecular flexibility index (Phi) is 4.95. The van der Waals surface area contributed by atoms with E-state index in [0.29, 0.717) is 18.7 Å². The zero-order chi connectivity index (χ0) is 17.1. The van der Waals surface area contributed by atoms with Gasteiger partial charge in [0.2, 0.25) is 5.91 Å². The second-order valence-corrected chi connectivity index (χ2v) is 5.10. The molecule has 0 bridgehead atoms. The fourth-order valence-electron chi connectivity index (χ4n) is 2.35. The minimum absolute atomic E-state index is 0.102. The Hall–Kier alpha value is -2.48. The Bertz CT molecular complexity index is 866. The standard InChI is InChI=1S/C15H20N4O4/c1-5-9-7-16-13-11(12(9)17-10(20)8-23-6-2)14(21)19(4)15(22)18(13)3/h7H,5-6,8H2,1-4H3,(H,16,17,20). The Morgan fingerprint density at radius 1 is 1.26 bits per heavy atom. The van der Waals surface area contributed by atoms with Gasteiger partial charge in [-0.05, 0) is 18.9 Å². The topological polar surface area (TPSA) is 95.2 Å². The predicted octanol–water partition coefficient (Wildman–Crippen LogP) is 0.170. The molecule has 124 valence electrons. The van der Waals surface area contributed by atoms with E-state index in [2.05, 4.69) is 10.3 Å². The lowest BCUT2D eigenvalue weighted by Gasteiger charge is -2.14. The van der Waals surface area contributed by atoms with Crippen molar-refractivity contribution in [3.63, 3.8) is 0 Å². The van der Waals surface area contributed by atoms with E-state index in [1.807, 2.05) is 6.92 Å². The number of nitrogens with one attached hydrogen (secondary N) is 1. The summed E-state index contributed by atoms with van der Waals surface area (Å²) in [4.78, 5) is 40.7. The first-order chi connectivity index (χ1) is 10.9. The quantitative estimate of drug-likeness (QED) is 0.847. The number of rotatable bonds is 5. The first-order valence-electron chi connectivity index (χ1n) is 7.37. The minimum atomic E-state index is -0.488. The number of hydrogen-bond acceptors (Lipinski definition) is 5. The lowest BCUT2D eigenvalue weighted by Crippen LogP contribution is -2.38. The molecule has 0 saturated carbocycles. The number of carbonyl (C=O) groups excluding carboxylic acids is 1. The Balaban J connectivity index is 2.72. The van der Waals surface area contributed by atoms with Crippen molar-refractivity contribution in [2.45, 2.75) is 20.3 Å². The van der Waals surface area contributed by atoms with Crippen LogP contribution in [-0.4, -0.2) is 33.2 Å². The number of carbonyl (C=O) groups is 1. The van der Waals surface area contributed by atoms with E-state index in [-0.39, 0.29) is 23.5 Å². The Morgan fingerprint density at radius 2 is 1.96 bits per heavy atom. The molecule has 0 fully saturated rings. The summed E-state index contributed by atoms with van der Waals surface area (Å²) >= 11 is 0. The van der Waals surface area contributed by atoms with Crippen molar-refractivity contribution in [3.05, 3.63) is 32.6 Å². The Labute approximate surface area is 132 Å². The monoisotopic (exact) mass is 320 g/mol. The summed E-state index contributed by atoms with van der Waals surface area (Å²) in [5.74, 6) is -0.357. The molecule has 2 rings (SSSR count). The van der Waals surface area contributed by atoms with Gasteiger partial charge in [-0.2, -0.15) is 0 Å². The van der Waals surface area contributed by atoms with Crippen molar-refractivity contribution < 1.29 is 9.53 Å². The van der Waals surface area contributed by atoms with Gasteiger partial charge in [-0.25, -0.2) is 9.78 Å². The van der Waals surface area contributed by atoms with Gasteiger partial charge in [0, 0.05) is 26.9 Å². The highest BCUT2D eigenvalue weighted by atomic mass is 16.5. The van der Waals surface area contributed by atoms with Crippen LogP contribution in [0.5, 0.6) is 0 Å². The molecule has 0 spiro atoms. The van der Waals surface area contributed by atoms with Gasteiger partial charge >= 0.3 is 5.69 Å². The van der Waals surface area contributed by atoms with Crippen molar-refractivity contribution >= 4 is 22.6 Å².